The Hall–Kier alpha value is -0.390. The average molecular weight is 309 g/mol. The minimum absolute atomic E-state index is 0.166. The molecule has 0 aliphatic heterocycles. The van der Waals surface area contributed by atoms with E-state index in [1.165, 1.54) is 6.33 Å². The summed E-state index contributed by atoms with van der Waals surface area (Å²) in [5.41, 5.74) is 0. The van der Waals surface area contributed by atoms with Crippen LogP contribution in [0.1, 0.15) is 20.3 Å². The van der Waals surface area contributed by atoms with Crippen molar-refractivity contribution in [1.82, 2.24) is 9.97 Å². The molecule has 4 nitrogen and oxygen atoms in total. The predicted octanol–water partition coefficient (Wildman–Crippen LogP) is 2.49. The molecule has 0 radical (unpaired) electrons. The van der Waals surface area contributed by atoms with E-state index in [9.17, 15) is 0 Å². The normalized spacial score (nSPS) is 10.9. The van der Waals surface area contributed by atoms with E-state index in [1.54, 1.807) is 0 Å². The minimum atomic E-state index is 0.166. The van der Waals surface area contributed by atoms with Crippen LogP contribution in [-0.4, -0.2) is 34.3 Å². The predicted molar refractivity (Wildman–Crippen MR) is 68.9 cm³/mol. The van der Waals surface area contributed by atoms with Crippen LogP contribution < -0.4 is 4.90 Å². The molecule has 0 bridgehead atoms. The maximum absolute atomic E-state index is 8.87. The average Bonchev–Trinajstić information content (AvgIpc) is 2.24. The lowest BCUT2D eigenvalue weighted by Crippen LogP contribution is -2.33. The van der Waals surface area contributed by atoms with Crippen LogP contribution in [0, 0.1) is 0 Å². The van der Waals surface area contributed by atoms with Crippen LogP contribution in [0.3, 0.4) is 0 Å². The lowest BCUT2D eigenvalue weighted by atomic mass is 10.3. The number of halogens is 2. The highest BCUT2D eigenvalue weighted by molar-refractivity contribution is 9.10. The van der Waals surface area contributed by atoms with Crippen LogP contribution in [0.25, 0.3) is 0 Å². The van der Waals surface area contributed by atoms with Gasteiger partial charge in [0, 0.05) is 19.2 Å². The Labute approximate surface area is 109 Å². The van der Waals surface area contributed by atoms with E-state index < -0.39 is 0 Å². The summed E-state index contributed by atoms with van der Waals surface area (Å²) in [5, 5.41) is 9.27. The molecule has 0 saturated heterocycles. The smallest absolute Gasteiger partial charge is 0.148 e. The Morgan fingerprint density at radius 1 is 1.50 bits per heavy atom. The van der Waals surface area contributed by atoms with Gasteiger partial charge in [0.05, 0.1) is 4.47 Å². The summed E-state index contributed by atoms with van der Waals surface area (Å²) in [6.07, 6.45) is 2.14. The van der Waals surface area contributed by atoms with Crippen LogP contribution in [-0.2, 0) is 0 Å². The second-order valence-corrected chi connectivity index (χ2v) is 4.82. The molecule has 0 aromatic carbocycles. The Morgan fingerprint density at radius 3 is 2.75 bits per heavy atom. The molecule has 16 heavy (non-hydrogen) atoms. The maximum atomic E-state index is 8.87. The van der Waals surface area contributed by atoms with E-state index in [0.717, 1.165) is 12.4 Å². The highest BCUT2D eigenvalue weighted by Crippen LogP contribution is 2.30. The zero-order valence-electron chi connectivity index (χ0n) is 9.32. The van der Waals surface area contributed by atoms with Crippen molar-refractivity contribution in [3.63, 3.8) is 0 Å². The molecular weight excluding hydrogens is 293 g/mol. The van der Waals surface area contributed by atoms with Crippen molar-refractivity contribution in [2.45, 2.75) is 26.3 Å². The minimum Gasteiger partial charge on any atom is -0.396 e. The van der Waals surface area contributed by atoms with E-state index in [0.29, 0.717) is 16.0 Å². The molecule has 90 valence electrons. The lowest BCUT2D eigenvalue weighted by Gasteiger charge is -2.28. The maximum Gasteiger partial charge on any atom is 0.148 e. The van der Waals surface area contributed by atoms with Crippen LogP contribution in [0.4, 0.5) is 5.82 Å². The molecule has 1 N–H and O–H groups in total. The second-order valence-electron chi connectivity index (χ2n) is 3.67. The van der Waals surface area contributed by atoms with Gasteiger partial charge in [-0.15, -0.1) is 0 Å². The molecule has 0 unspecified atom stereocenters. The molecule has 6 heteroatoms. The first-order chi connectivity index (χ1) is 7.57. The van der Waals surface area contributed by atoms with E-state index in [4.69, 9.17) is 16.7 Å². The van der Waals surface area contributed by atoms with Crippen LogP contribution in [0.5, 0.6) is 0 Å². The molecule has 1 rings (SSSR count). The molecule has 1 aromatic rings. The number of nitrogens with zero attached hydrogens (tertiary/aromatic N) is 3. The molecule has 0 atom stereocenters. The van der Waals surface area contributed by atoms with Gasteiger partial charge in [-0.05, 0) is 36.2 Å². The van der Waals surface area contributed by atoms with Gasteiger partial charge in [-0.25, -0.2) is 9.97 Å². The molecule has 0 fully saturated rings. The monoisotopic (exact) mass is 307 g/mol. The van der Waals surface area contributed by atoms with E-state index in [1.807, 2.05) is 0 Å². The van der Waals surface area contributed by atoms with Gasteiger partial charge < -0.3 is 10.0 Å². The third kappa shape index (κ3) is 3.30. The Morgan fingerprint density at radius 2 is 2.19 bits per heavy atom. The summed E-state index contributed by atoms with van der Waals surface area (Å²) in [5.74, 6) is 0.767. The van der Waals surface area contributed by atoms with Gasteiger partial charge >= 0.3 is 0 Å². The molecule has 1 aromatic heterocycles. The van der Waals surface area contributed by atoms with Gasteiger partial charge in [-0.2, -0.15) is 0 Å². The fourth-order valence-corrected chi connectivity index (χ4v) is 1.95. The van der Waals surface area contributed by atoms with Crippen molar-refractivity contribution >= 4 is 33.3 Å². The highest BCUT2D eigenvalue weighted by Gasteiger charge is 2.16. The first-order valence-corrected chi connectivity index (χ1v) is 6.28. The van der Waals surface area contributed by atoms with Gasteiger partial charge in [0.2, 0.25) is 0 Å². The molecule has 0 aliphatic carbocycles. The zero-order valence-corrected chi connectivity index (χ0v) is 11.7. The van der Waals surface area contributed by atoms with Crippen molar-refractivity contribution in [3.05, 3.63) is 16.0 Å². The lowest BCUT2D eigenvalue weighted by molar-refractivity contribution is 0.288. The quantitative estimate of drug-likeness (QED) is 0.849. The summed E-state index contributed by atoms with van der Waals surface area (Å²) in [6, 6.07) is 0.286. The molecule has 0 aliphatic rings. The number of hydrogen-bond donors (Lipinski definition) is 1. The molecule has 0 amide bonds. The zero-order chi connectivity index (χ0) is 12.1. The fourth-order valence-electron chi connectivity index (χ4n) is 1.39. The van der Waals surface area contributed by atoms with E-state index >= 15 is 0 Å². The van der Waals surface area contributed by atoms with Gasteiger partial charge in [0.25, 0.3) is 0 Å². The number of aliphatic hydroxyl groups is 1. The summed E-state index contributed by atoms with van der Waals surface area (Å²) >= 11 is 9.30. The van der Waals surface area contributed by atoms with Crippen LogP contribution >= 0.6 is 27.5 Å². The first-order valence-electron chi connectivity index (χ1n) is 5.11. The fraction of sp³-hybridized carbons (Fsp3) is 0.600. The standard InChI is InChI=1S/C10H15BrClN3O/c1-7(2)15(4-3-5-16)10-8(11)9(12)13-6-14-10/h6-7,16H,3-5H2,1-2H3. The SMILES string of the molecule is CC(C)N(CCCO)c1ncnc(Cl)c1Br. The van der Waals surface area contributed by atoms with E-state index in [2.05, 4.69) is 44.6 Å². The topological polar surface area (TPSA) is 49.2 Å². The first kappa shape index (κ1) is 13.7. The van der Waals surface area contributed by atoms with Gasteiger partial charge in [-0.3, -0.25) is 0 Å². The third-order valence-corrected chi connectivity index (χ3v) is 3.43. The van der Waals surface area contributed by atoms with Crippen molar-refractivity contribution in [3.8, 4) is 0 Å². The van der Waals surface area contributed by atoms with Crippen molar-refractivity contribution < 1.29 is 5.11 Å². The van der Waals surface area contributed by atoms with Crippen molar-refractivity contribution in [1.29, 1.82) is 0 Å². The van der Waals surface area contributed by atoms with Gasteiger partial charge in [-0.1, -0.05) is 11.6 Å². The molecule has 0 saturated carbocycles. The van der Waals surface area contributed by atoms with Crippen molar-refractivity contribution in [2.75, 3.05) is 18.1 Å². The Kier molecular flexibility index (Phi) is 5.44. The van der Waals surface area contributed by atoms with Crippen molar-refractivity contribution in [2.24, 2.45) is 0 Å². The molecule has 0 spiro atoms. The summed E-state index contributed by atoms with van der Waals surface area (Å²) in [6.45, 7) is 5.04. The highest BCUT2D eigenvalue weighted by atomic mass is 79.9. The second kappa shape index (κ2) is 6.37. The molecule has 1 heterocycles. The molecular formula is C10H15BrClN3O. The number of aromatic nitrogens is 2. The third-order valence-electron chi connectivity index (χ3n) is 2.18. The Balaban J connectivity index is 2.96. The summed E-state index contributed by atoms with van der Waals surface area (Å²) in [4.78, 5) is 10.2. The van der Waals surface area contributed by atoms with Crippen LogP contribution in [0.15, 0.2) is 10.8 Å². The largest absolute Gasteiger partial charge is 0.396 e. The summed E-state index contributed by atoms with van der Waals surface area (Å²) in [7, 11) is 0. The van der Waals surface area contributed by atoms with Gasteiger partial charge in [0.1, 0.15) is 17.3 Å². The number of aliphatic hydroxyl groups excluding tert-OH is 1. The number of hydrogen-bond acceptors (Lipinski definition) is 4. The van der Waals surface area contributed by atoms with E-state index in [-0.39, 0.29) is 12.6 Å². The van der Waals surface area contributed by atoms with Crippen LogP contribution in [0.2, 0.25) is 5.15 Å². The number of anilines is 1. The van der Waals surface area contributed by atoms with Gasteiger partial charge in [0.15, 0.2) is 0 Å². The Bertz CT molecular complexity index is 349. The number of rotatable bonds is 5. The summed E-state index contributed by atoms with van der Waals surface area (Å²) < 4.78 is 0.698.